The number of esters is 1. The van der Waals surface area contributed by atoms with E-state index in [-0.39, 0.29) is 12.1 Å². The van der Waals surface area contributed by atoms with Crippen LogP contribution in [0.4, 0.5) is 0 Å². The van der Waals surface area contributed by atoms with E-state index in [4.69, 9.17) is 4.74 Å². The molecule has 6 heteroatoms. The second kappa shape index (κ2) is 13.4. The van der Waals surface area contributed by atoms with Crippen LogP contribution in [0, 0.1) is 46.3 Å². The van der Waals surface area contributed by atoms with Crippen molar-refractivity contribution in [2.24, 2.45) is 46.3 Å². The lowest BCUT2D eigenvalue weighted by Gasteiger charge is -2.62. The summed E-state index contributed by atoms with van der Waals surface area (Å²) in [5.74, 6) is 3.47. The Labute approximate surface area is 249 Å². The maximum absolute atomic E-state index is 11.8. The number of aromatic nitrogens is 1. The highest BCUT2D eigenvalue weighted by molar-refractivity contribution is 5.69. The van der Waals surface area contributed by atoms with Gasteiger partial charge in [0.25, 0.3) is 0 Å². The number of nitrogens with zero attached hydrogens (tertiary/aromatic N) is 1. The number of fused-ring (bicyclic) bond motifs is 5. The molecule has 6 nitrogen and oxygen atoms in total. The van der Waals surface area contributed by atoms with Crippen molar-refractivity contribution in [3.05, 3.63) is 30.1 Å². The Kier molecular flexibility index (Phi) is 10.1. The summed E-state index contributed by atoms with van der Waals surface area (Å²) in [6.07, 6.45) is 15.4. The predicted molar refractivity (Wildman–Crippen MR) is 164 cm³/mol. The number of aliphatic hydroxyl groups is 1. The minimum Gasteiger partial charge on any atom is -0.469 e. The number of hydrogen-bond acceptors (Lipinski definition) is 6. The van der Waals surface area contributed by atoms with Crippen LogP contribution < -0.4 is 10.6 Å². The van der Waals surface area contributed by atoms with Gasteiger partial charge in [-0.3, -0.25) is 9.78 Å². The fourth-order valence-corrected chi connectivity index (χ4v) is 10.4. The van der Waals surface area contributed by atoms with Gasteiger partial charge in [-0.1, -0.05) is 26.8 Å². The van der Waals surface area contributed by atoms with Gasteiger partial charge in [0.2, 0.25) is 0 Å². The monoisotopic (exact) mass is 567 g/mol. The molecule has 1 aromatic heterocycles. The second-order valence-electron chi connectivity index (χ2n) is 14.7. The number of pyridine rings is 1. The molecule has 0 saturated heterocycles. The van der Waals surface area contributed by atoms with Crippen LogP contribution in [0.25, 0.3) is 0 Å². The van der Waals surface area contributed by atoms with Gasteiger partial charge >= 0.3 is 5.97 Å². The Morgan fingerprint density at radius 2 is 1.85 bits per heavy atom. The summed E-state index contributed by atoms with van der Waals surface area (Å²) in [6.45, 7) is 10.5. The van der Waals surface area contributed by atoms with Crippen molar-refractivity contribution in [3.8, 4) is 0 Å². The predicted octanol–water partition coefficient (Wildman–Crippen LogP) is 6.13. The van der Waals surface area contributed by atoms with E-state index < -0.39 is 0 Å². The van der Waals surface area contributed by atoms with Crippen LogP contribution in [0.2, 0.25) is 0 Å². The molecule has 41 heavy (non-hydrogen) atoms. The van der Waals surface area contributed by atoms with Gasteiger partial charge in [0, 0.05) is 25.2 Å². The molecule has 4 aliphatic carbocycles. The van der Waals surface area contributed by atoms with Crippen molar-refractivity contribution in [2.75, 3.05) is 20.2 Å². The number of ether oxygens (including phenoxy) is 1. The average Bonchev–Trinajstić information content (AvgIpc) is 3.33. The maximum atomic E-state index is 11.8. The quantitative estimate of drug-likeness (QED) is 0.208. The van der Waals surface area contributed by atoms with Gasteiger partial charge in [-0.15, -0.1) is 0 Å². The summed E-state index contributed by atoms with van der Waals surface area (Å²) in [6, 6.07) is 6.67. The molecule has 4 saturated carbocycles. The summed E-state index contributed by atoms with van der Waals surface area (Å²) >= 11 is 0. The minimum absolute atomic E-state index is 0.0827. The molecule has 0 radical (unpaired) electrons. The van der Waals surface area contributed by atoms with Gasteiger partial charge in [-0.05, 0) is 142 Å². The number of aliphatic hydroxyl groups excluding tert-OH is 1. The molecule has 0 aliphatic heterocycles. The molecule has 1 aromatic rings. The van der Waals surface area contributed by atoms with Crippen molar-refractivity contribution in [1.29, 1.82) is 0 Å². The van der Waals surface area contributed by atoms with E-state index >= 15 is 0 Å². The normalized spacial score (nSPS) is 38.9. The number of rotatable bonds is 12. The van der Waals surface area contributed by atoms with E-state index in [0.29, 0.717) is 58.8 Å². The van der Waals surface area contributed by atoms with Crippen LogP contribution in [-0.4, -0.2) is 48.4 Å². The van der Waals surface area contributed by atoms with E-state index in [0.717, 1.165) is 38.2 Å². The van der Waals surface area contributed by atoms with E-state index in [2.05, 4.69) is 42.5 Å². The molecule has 0 aromatic carbocycles. The van der Waals surface area contributed by atoms with Crippen LogP contribution in [0.3, 0.4) is 0 Å². The van der Waals surface area contributed by atoms with Crippen LogP contribution >= 0.6 is 0 Å². The van der Waals surface area contributed by atoms with Crippen LogP contribution in [-0.2, 0) is 16.1 Å². The highest BCUT2D eigenvalue weighted by Gasteiger charge is 2.62. The van der Waals surface area contributed by atoms with Gasteiger partial charge in [0.1, 0.15) is 0 Å². The van der Waals surface area contributed by atoms with Gasteiger partial charge in [0.15, 0.2) is 0 Å². The number of unbranched alkanes of at least 4 members (excludes halogenated alkanes) is 1. The number of nitrogens with one attached hydrogen (secondary N) is 2. The molecular weight excluding hydrogens is 510 g/mol. The number of methoxy groups -OCH3 is 1. The third kappa shape index (κ3) is 6.55. The van der Waals surface area contributed by atoms with Gasteiger partial charge in [0.05, 0.1) is 18.9 Å². The molecule has 0 spiro atoms. The van der Waals surface area contributed by atoms with Gasteiger partial charge in [-0.25, -0.2) is 0 Å². The topological polar surface area (TPSA) is 83.5 Å². The van der Waals surface area contributed by atoms with E-state index in [1.165, 1.54) is 64.9 Å². The van der Waals surface area contributed by atoms with E-state index in [1.54, 1.807) is 0 Å². The molecule has 230 valence electrons. The summed E-state index contributed by atoms with van der Waals surface area (Å²) in [5, 5.41) is 19.1. The van der Waals surface area contributed by atoms with Gasteiger partial charge in [-0.2, -0.15) is 0 Å². The largest absolute Gasteiger partial charge is 0.469 e. The lowest BCUT2D eigenvalue weighted by atomic mass is 9.43. The Morgan fingerprint density at radius 3 is 2.63 bits per heavy atom. The number of carbonyl (C=O) groups is 1. The average molecular weight is 568 g/mol. The SMILES string of the molecule is COC(=O)CC[C@@H](C)[C@H]1CC[C@H]2[C@@H]3[C@H](O)C[C@H]4C[C@H](NCCCCNCc5ccccn5)CC[C@]4(C)[C@H]3CC[C@]12C. The zero-order valence-corrected chi connectivity index (χ0v) is 26.2. The summed E-state index contributed by atoms with van der Waals surface area (Å²) in [7, 11) is 1.49. The Balaban J connectivity index is 1.10. The molecular formula is C35H57N3O3. The highest BCUT2D eigenvalue weighted by Crippen LogP contribution is 2.68. The highest BCUT2D eigenvalue weighted by atomic mass is 16.5. The van der Waals surface area contributed by atoms with E-state index in [9.17, 15) is 9.90 Å². The zero-order valence-electron chi connectivity index (χ0n) is 26.2. The van der Waals surface area contributed by atoms with Gasteiger partial charge < -0.3 is 20.5 Å². The van der Waals surface area contributed by atoms with Crippen LogP contribution in [0.5, 0.6) is 0 Å². The lowest BCUT2D eigenvalue weighted by Crippen LogP contribution is -2.59. The Bertz CT molecular complexity index is 990. The molecule has 1 heterocycles. The number of carbonyl (C=O) groups excluding carboxylic acids is 1. The molecule has 0 bridgehead atoms. The summed E-state index contributed by atoms with van der Waals surface area (Å²) in [4.78, 5) is 16.2. The van der Waals surface area contributed by atoms with Crippen molar-refractivity contribution in [3.63, 3.8) is 0 Å². The smallest absolute Gasteiger partial charge is 0.305 e. The van der Waals surface area contributed by atoms with E-state index in [1.807, 2.05) is 18.3 Å². The summed E-state index contributed by atoms with van der Waals surface area (Å²) in [5.41, 5.74) is 1.77. The molecule has 0 amide bonds. The molecule has 4 fully saturated rings. The number of hydrogen-bond donors (Lipinski definition) is 3. The third-order valence-corrected chi connectivity index (χ3v) is 12.7. The first-order valence-corrected chi connectivity index (χ1v) is 16.8. The second-order valence-corrected chi connectivity index (χ2v) is 14.7. The molecule has 10 atom stereocenters. The van der Waals surface area contributed by atoms with Crippen LogP contribution in [0.15, 0.2) is 24.4 Å². The zero-order chi connectivity index (χ0) is 29.0. The third-order valence-electron chi connectivity index (χ3n) is 12.7. The van der Waals surface area contributed by atoms with Crippen molar-refractivity contribution in [2.45, 2.75) is 117 Å². The Hall–Kier alpha value is -1.50. The van der Waals surface area contributed by atoms with Crippen molar-refractivity contribution >= 4 is 5.97 Å². The standard InChI is InChI=1S/C35H57N3O3/c1-24(10-13-32(40)41-4)28-11-12-29-33-30(15-17-35(28,29)3)34(2)16-14-26(21-25(34)22-31(33)39)37-20-8-7-18-36-23-27-9-5-6-19-38-27/h5-6,9,19,24-26,28-31,33,36-37,39H,7-8,10-18,20-23H2,1-4H3/t24-,25-,26-,28-,29+,30+,31-,33+,34+,35-/m1/s1. The molecule has 3 N–H and O–H groups in total. The fourth-order valence-electron chi connectivity index (χ4n) is 10.4. The molecule has 4 aliphatic rings. The minimum atomic E-state index is -0.157. The Morgan fingerprint density at radius 1 is 1.07 bits per heavy atom. The maximum Gasteiger partial charge on any atom is 0.305 e. The van der Waals surface area contributed by atoms with Crippen molar-refractivity contribution in [1.82, 2.24) is 15.6 Å². The molecule has 5 rings (SSSR count). The fraction of sp³-hybridized carbons (Fsp3) is 0.829. The lowest BCUT2D eigenvalue weighted by molar-refractivity contribution is -0.167. The molecule has 0 unspecified atom stereocenters. The first kappa shape index (κ1) is 30.9. The first-order valence-electron chi connectivity index (χ1n) is 16.8. The first-order chi connectivity index (χ1) is 19.8. The summed E-state index contributed by atoms with van der Waals surface area (Å²) < 4.78 is 4.92. The van der Waals surface area contributed by atoms with Crippen molar-refractivity contribution < 1.29 is 14.6 Å². The van der Waals surface area contributed by atoms with Crippen LogP contribution in [0.1, 0.15) is 104 Å².